The van der Waals surface area contributed by atoms with Crippen molar-refractivity contribution in [1.82, 2.24) is 15.6 Å². The molecule has 39 heavy (non-hydrogen) atoms. The van der Waals surface area contributed by atoms with E-state index in [1.54, 1.807) is 27.7 Å². The average molecular weight is 581 g/mol. The molecule has 0 saturated carbocycles. The Hall–Kier alpha value is -2.40. The standard InChI is InChI=1S/C28H44N4O5S2/c1-9-11-12-13-14-19(10-2)36-24(33)22(18(3)4)31-25(34)28(8)17-39-23(32-28)20-16-38-21(30-20)15-29-26(35)37-27(5,6)7/h12-13,16,18-19,22H,9-11,14-15,17H2,1-8H3,(H,29,35)(H,31,34)/b13-12-/t19?,22?,28-/m0/s1. The maximum Gasteiger partial charge on any atom is 0.408 e. The van der Waals surface area contributed by atoms with Crippen LogP contribution in [0.2, 0.25) is 0 Å². The highest BCUT2D eigenvalue weighted by atomic mass is 32.2. The molecular formula is C28H44N4O5S2. The fraction of sp³-hybridized carbons (Fsp3) is 0.679. The van der Waals surface area contributed by atoms with Crippen molar-refractivity contribution < 1.29 is 23.9 Å². The van der Waals surface area contributed by atoms with Gasteiger partial charge in [-0.1, -0.05) is 46.3 Å². The molecule has 3 atom stereocenters. The van der Waals surface area contributed by atoms with Crippen molar-refractivity contribution in [2.75, 3.05) is 5.75 Å². The number of hydrogen-bond acceptors (Lipinski definition) is 9. The lowest BCUT2D eigenvalue weighted by Gasteiger charge is -2.27. The van der Waals surface area contributed by atoms with E-state index in [4.69, 9.17) is 14.5 Å². The molecule has 0 aliphatic carbocycles. The van der Waals surface area contributed by atoms with Gasteiger partial charge < -0.3 is 20.1 Å². The van der Waals surface area contributed by atoms with Crippen LogP contribution in [0.1, 0.15) is 91.8 Å². The summed E-state index contributed by atoms with van der Waals surface area (Å²) in [5.74, 6) is -0.460. The number of thioether (sulfide) groups is 1. The van der Waals surface area contributed by atoms with Crippen LogP contribution in [0, 0.1) is 5.92 Å². The Labute approximate surface area is 241 Å². The Bertz CT molecular complexity index is 1050. The van der Waals surface area contributed by atoms with E-state index in [2.05, 4.69) is 34.7 Å². The molecule has 2 N–H and O–H groups in total. The molecular weight excluding hydrogens is 536 g/mol. The molecule has 0 spiro atoms. The van der Waals surface area contributed by atoms with Gasteiger partial charge in [-0.2, -0.15) is 0 Å². The van der Waals surface area contributed by atoms with Crippen molar-refractivity contribution in [3.63, 3.8) is 0 Å². The van der Waals surface area contributed by atoms with Crippen LogP contribution in [-0.2, 0) is 25.6 Å². The lowest BCUT2D eigenvalue weighted by molar-refractivity contribution is -0.154. The van der Waals surface area contributed by atoms with E-state index in [0.29, 0.717) is 34.3 Å². The van der Waals surface area contributed by atoms with Crippen molar-refractivity contribution in [3.05, 3.63) is 28.2 Å². The van der Waals surface area contributed by atoms with Crippen LogP contribution in [0.4, 0.5) is 4.79 Å². The average Bonchev–Trinajstić information content (AvgIpc) is 3.49. The summed E-state index contributed by atoms with van der Waals surface area (Å²) in [5, 5.41) is 8.82. The van der Waals surface area contributed by atoms with E-state index in [1.165, 1.54) is 23.1 Å². The fourth-order valence-corrected chi connectivity index (χ4v) is 5.49. The molecule has 2 heterocycles. The number of hydrogen-bond donors (Lipinski definition) is 2. The normalized spacial score (nSPS) is 19.1. The Morgan fingerprint density at radius 2 is 1.92 bits per heavy atom. The summed E-state index contributed by atoms with van der Waals surface area (Å²) in [4.78, 5) is 47.5. The zero-order valence-electron chi connectivity index (χ0n) is 24.5. The number of carbonyl (C=O) groups is 3. The van der Waals surface area contributed by atoms with Crippen LogP contribution in [0.25, 0.3) is 0 Å². The predicted molar refractivity (Wildman–Crippen MR) is 158 cm³/mol. The van der Waals surface area contributed by atoms with Gasteiger partial charge in [0.15, 0.2) is 0 Å². The number of esters is 1. The first-order chi connectivity index (χ1) is 18.3. The summed E-state index contributed by atoms with van der Waals surface area (Å²) in [6.45, 7) is 15.3. The van der Waals surface area contributed by atoms with E-state index in [1.807, 2.05) is 26.2 Å². The van der Waals surface area contributed by atoms with Crippen molar-refractivity contribution >= 4 is 46.1 Å². The van der Waals surface area contributed by atoms with Crippen LogP contribution in [0.15, 0.2) is 22.5 Å². The molecule has 1 aliphatic heterocycles. The molecule has 2 rings (SSSR count). The third kappa shape index (κ3) is 10.6. The molecule has 2 amide bonds. The van der Waals surface area contributed by atoms with Gasteiger partial charge in [0.1, 0.15) is 39.0 Å². The quantitative estimate of drug-likeness (QED) is 0.229. The summed E-state index contributed by atoms with van der Waals surface area (Å²) >= 11 is 2.84. The molecule has 0 fully saturated rings. The minimum Gasteiger partial charge on any atom is -0.461 e. The number of aliphatic imine (C=N–C) groups is 1. The first-order valence-corrected chi connectivity index (χ1v) is 15.4. The highest BCUT2D eigenvalue weighted by Crippen LogP contribution is 2.32. The van der Waals surface area contributed by atoms with Crippen LogP contribution >= 0.6 is 23.1 Å². The molecule has 1 aromatic heterocycles. The topological polar surface area (TPSA) is 119 Å². The number of thiazole rings is 1. The smallest absolute Gasteiger partial charge is 0.408 e. The molecule has 0 radical (unpaired) electrons. The second-order valence-electron chi connectivity index (χ2n) is 11.1. The van der Waals surface area contributed by atoms with Gasteiger partial charge in [-0.3, -0.25) is 9.79 Å². The van der Waals surface area contributed by atoms with E-state index in [9.17, 15) is 14.4 Å². The Morgan fingerprint density at radius 1 is 1.21 bits per heavy atom. The number of rotatable bonds is 13. The van der Waals surface area contributed by atoms with Gasteiger partial charge in [0.05, 0.1) is 6.54 Å². The van der Waals surface area contributed by atoms with E-state index < -0.39 is 29.2 Å². The van der Waals surface area contributed by atoms with E-state index in [0.717, 1.165) is 12.8 Å². The lowest BCUT2D eigenvalue weighted by Crippen LogP contribution is -2.53. The third-order valence-corrected chi connectivity index (χ3v) is 7.98. The number of nitrogens with one attached hydrogen (secondary N) is 2. The van der Waals surface area contributed by atoms with E-state index in [-0.39, 0.29) is 24.5 Å². The maximum atomic E-state index is 13.3. The number of ether oxygens (including phenoxy) is 2. The van der Waals surface area contributed by atoms with Gasteiger partial charge in [0.2, 0.25) is 5.91 Å². The van der Waals surface area contributed by atoms with Crippen molar-refractivity contribution in [3.8, 4) is 0 Å². The Morgan fingerprint density at radius 3 is 2.54 bits per heavy atom. The molecule has 1 aromatic rings. The number of unbranched alkanes of at least 4 members (excludes halogenated alkanes) is 1. The number of allylic oxidation sites excluding steroid dienone is 1. The SMILES string of the molecule is CCC/C=C\CC(CC)OC(=O)C(NC(=O)[C@]1(C)CSC(c2csc(CNC(=O)OC(C)(C)C)n2)=N1)C(C)C. The van der Waals surface area contributed by atoms with Gasteiger partial charge in [-0.25, -0.2) is 14.6 Å². The van der Waals surface area contributed by atoms with Gasteiger partial charge in [0.25, 0.3) is 0 Å². The summed E-state index contributed by atoms with van der Waals surface area (Å²) in [7, 11) is 0. The minimum atomic E-state index is -1.04. The highest BCUT2D eigenvalue weighted by Gasteiger charge is 2.41. The highest BCUT2D eigenvalue weighted by molar-refractivity contribution is 8.14. The summed E-state index contributed by atoms with van der Waals surface area (Å²) < 4.78 is 11.0. The predicted octanol–water partition coefficient (Wildman–Crippen LogP) is 5.63. The van der Waals surface area contributed by atoms with Crippen LogP contribution in [-0.4, -0.2) is 57.0 Å². The van der Waals surface area contributed by atoms with Crippen LogP contribution < -0.4 is 10.6 Å². The number of amides is 2. The second kappa shape index (κ2) is 14.8. The molecule has 2 unspecified atom stereocenters. The molecule has 9 nitrogen and oxygen atoms in total. The molecule has 11 heteroatoms. The van der Waals surface area contributed by atoms with Gasteiger partial charge >= 0.3 is 12.1 Å². The van der Waals surface area contributed by atoms with Crippen molar-refractivity contribution in [2.24, 2.45) is 10.9 Å². The third-order valence-electron chi connectivity index (χ3n) is 5.85. The minimum absolute atomic E-state index is 0.144. The number of aromatic nitrogens is 1. The van der Waals surface area contributed by atoms with Crippen LogP contribution in [0.3, 0.4) is 0 Å². The molecule has 0 bridgehead atoms. The zero-order chi connectivity index (χ0) is 29.2. The Kier molecular flexibility index (Phi) is 12.5. The monoisotopic (exact) mass is 580 g/mol. The molecule has 1 aliphatic rings. The fourth-order valence-electron chi connectivity index (χ4n) is 3.56. The first kappa shape index (κ1) is 32.8. The second-order valence-corrected chi connectivity index (χ2v) is 13.0. The summed E-state index contributed by atoms with van der Waals surface area (Å²) in [5.41, 5.74) is -0.962. The molecule has 218 valence electrons. The number of nitrogens with zero attached hydrogens (tertiary/aromatic N) is 2. The summed E-state index contributed by atoms with van der Waals surface area (Å²) in [6.07, 6.45) is 6.86. The van der Waals surface area contributed by atoms with Crippen LogP contribution in [0.5, 0.6) is 0 Å². The first-order valence-electron chi connectivity index (χ1n) is 13.6. The Balaban J connectivity index is 2.01. The van der Waals surface area contributed by atoms with Gasteiger partial charge in [0, 0.05) is 17.6 Å². The van der Waals surface area contributed by atoms with Crippen molar-refractivity contribution in [1.29, 1.82) is 0 Å². The molecule has 0 aromatic carbocycles. The van der Waals surface area contributed by atoms with E-state index >= 15 is 0 Å². The molecule has 0 saturated heterocycles. The largest absolute Gasteiger partial charge is 0.461 e. The van der Waals surface area contributed by atoms with Gasteiger partial charge in [-0.05, 0) is 46.5 Å². The van der Waals surface area contributed by atoms with Crippen molar-refractivity contribution in [2.45, 2.75) is 111 Å². The summed E-state index contributed by atoms with van der Waals surface area (Å²) in [6, 6.07) is -0.767. The maximum absolute atomic E-state index is 13.3. The van der Waals surface area contributed by atoms with Gasteiger partial charge in [-0.15, -0.1) is 23.1 Å². The number of alkyl carbamates (subject to hydrolysis) is 1. The number of carbonyl (C=O) groups excluding carboxylic acids is 3. The lowest BCUT2D eigenvalue weighted by atomic mass is 10.0. The zero-order valence-corrected chi connectivity index (χ0v) is 26.1.